The number of nitrogens with two attached hydrogens (primary N) is 1. The van der Waals surface area contributed by atoms with Crippen molar-refractivity contribution in [1.82, 2.24) is 14.5 Å². The Morgan fingerprint density at radius 3 is 2.17 bits per heavy atom. The lowest BCUT2D eigenvalue weighted by atomic mass is 10.0. The van der Waals surface area contributed by atoms with Crippen molar-refractivity contribution in [1.29, 1.82) is 0 Å². The second-order valence-corrected chi connectivity index (χ2v) is 9.69. The van der Waals surface area contributed by atoms with Crippen LogP contribution in [-0.2, 0) is 30.5 Å². The number of rotatable bonds is 5. The van der Waals surface area contributed by atoms with Crippen LogP contribution in [0.3, 0.4) is 0 Å². The molecule has 1 aromatic carbocycles. The smallest absolute Gasteiger partial charge is 0.449 e. The second kappa shape index (κ2) is 10.9. The monoisotopic (exact) mass is 523 g/mol. The number of imidazole rings is 1. The predicted octanol–water partition coefficient (Wildman–Crippen LogP) is 1.31. The Bertz CT molecular complexity index is 1120. The summed E-state index contributed by atoms with van der Waals surface area (Å²) in [5.74, 6) is -7.66. The van der Waals surface area contributed by atoms with Crippen LogP contribution in [-0.4, -0.2) is 71.6 Å². The van der Waals surface area contributed by atoms with E-state index >= 15 is 0 Å². The molecule has 36 heavy (non-hydrogen) atoms. The van der Waals surface area contributed by atoms with Gasteiger partial charge in [-0.1, -0.05) is 0 Å². The van der Waals surface area contributed by atoms with Crippen molar-refractivity contribution in [2.75, 3.05) is 34.7 Å². The number of carbonyl (C=O) groups is 2. The number of quaternary nitrogens is 1. The summed E-state index contributed by atoms with van der Waals surface area (Å²) in [6, 6.07) is -0.0331. The molecular weight excluding hydrogens is 496 g/mol. The number of alkyl halides is 3. The molecule has 0 fully saturated rings. The van der Waals surface area contributed by atoms with Crippen molar-refractivity contribution in [3.05, 3.63) is 52.4 Å². The third-order valence-corrected chi connectivity index (χ3v) is 4.81. The zero-order valence-corrected chi connectivity index (χ0v) is 20.1. The molecular formula is C22H27F6N5O3. The molecule has 1 atom stereocenters. The van der Waals surface area contributed by atoms with Gasteiger partial charge in [0, 0.05) is 31.6 Å². The highest BCUT2D eigenvalue weighted by atomic mass is 19.4. The Morgan fingerprint density at radius 1 is 1.08 bits per heavy atom. The number of aromatic nitrogens is 2. The summed E-state index contributed by atoms with van der Waals surface area (Å²) < 4.78 is 81.0. The molecule has 0 saturated heterocycles. The first-order chi connectivity index (χ1) is 16.4. The molecule has 8 nitrogen and oxygen atoms in total. The Hall–Kier alpha value is -3.13. The SMILES string of the molecule is C[N+](C)(C)C.N[C@@H](CC(=O)N1CCn2c(C(F)(F)F)nc(C(=O)[O-])c2C1)Cc1cc(F)c(F)cc1F. The molecule has 0 saturated carbocycles. The number of carboxylic acids is 1. The van der Waals surface area contributed by atoms with Gasteiger partial charge in [-0.2, -0.15) is 13.2 Å². The summed E-state index contributed by atoms with van der Waals surface area (Å²) in [4.78, 5) is 27.9. The van der Waals surface area contributed by atoms with Gasteiger partial charge in [0.1, 0.15) is 11.5 Å². The van der Waals surface area contributed by atoms with Crippen molar-refractivity contribution in [2.24, 2.45) is 5.73 Å². The molecule has 2 N–H and O–H groups in total. The molecule has 1 aliphatic rings. The number of nitrogens with zero attached hydrogens (tertiary/aromatic N) is 4. The lowest BCUT2D eigenvalue weighted by Gasteiger charge is -2.30. The fourth-order valence-electron chi connectivity index (χ4n) is 3.39. The Labute approximate surface area is 203 Å². The molecule has 1 aliphatic heterocycles. The van der Waals surface area contributed by atoms with E-state index in [1.54, 1.807) is 0 Å². The molecule has 14 heteroatoms. The van der Waals surface area contributed by atoms with Crippen LogP contribution < -0.4 is 10.8 Å². The Morgan fingerprint density at radius 2 is 1.64 bits per heavy atom. The summed E-state index contributed by atoms with van der Waals surface area (Å²) >= 11 is 0. The van der Waals surface area contributed by atoms with Crippen LogP contribution in [0, 0.1) is 17.5 Å². The number of hydrogen-bond donors (Lipinski definition) is 1. The van der Waals surface area contributed by atoms with Crippen LogP contribution >= 0.6 is 0 Å². The number of halogens is 6. The highest BCUT2D eigenvalue weighted by molar-refractivity contribution is 5.85. The van der Waals surface area contributed by atoms with Crippen LogP contribution in [0.15, 0.2) is 12.1 Å². The number of carbonyl (C=O) groups excluding carboxylic acids is 2. The van der Waals surface area contributed by atoms with E-state index in [-0.39, 0.29) is 37.2 Å². The van der Waals surface area contributed by atoms with E-state index in [1.807, 2.05) is 0 Å². The predicted molar refractivity (Wildman–Crippen MR) is 114 cm³/mol. The van der Waals surface area contributed by atoms with Crippen molar-refractivity contribution >= 4 is 11.9 Å². The Balaban J connectivity index is 0.000000830. The highest BCUT2D eigenvalue weighted by Crippen LogP contribution is 2.32. The number of amides is 1. The summed E-state index contributed by atoms with van der Waals surface area (Å²) in [7, 11) is 8.50. The van der Waals surface area contributed by atoms with Crippen LogP contribution in [0.2, 0.25) is 0 Å². The molecule has 0 aliphatic carbocycles. The van der Waals surface area contributed by atoms with Crippen LogP contribution in [0.1, 0.15) is 34.0 Å². The topological polar surface area (TPSA) is 104 Å². The van der Waals surface area contributed by atoms with Gasteiger partial charge in [0.2, 0.25) is 11.7 Å². The Kier molecular flexibility index (Phi) is 8.78. The molecule has 0 spiro atoms. The first kappa shape index (κ1) is 29.1. The van der Waals surface area contributed by atoms with Gasteiger partial charge in [-0.05, 0) is 18.1 Å². The van der Waals surface area contributed by atoms with Gasteiger partial charge in [0.05, 0.1) is 46.4 Å². The average Bonchev–Trinajstić information content (AvgIpc) is 3.10. The minimum atomic E-state index is -4.90. The normalized spacial score (nSPS) is 14.6. The molecule has 0 bridgehead atoms. The lowest BCUT2D eigenvalue weighted by molar-refractivity contribution is -0.849. The standard InChI is InChI=1S/C18H16F6N4O3.C4H12N/c19-10-6-12(21)11(20)4-8(10)3-9(25)5-14(29)27-1-2-28-13(7-27)15(16(30)31)26-17(28)18(22,23)24;1-5(2,3)4/h4,6,9H,1-3,5,7,25H2,(H,30,31);1-4H3/q;+1/p-1/t9-;/m1./s1. The summed E-state index contributed by atoms with van der Waals surface area (Å²) in [6.45, 7) is -1.01. The van der Waals surface area contributed by atoms with Gasteiger partial charge < -0.3 is 29.6 Å². The lowest BCUT2D eigenvalue weighted by Crippen LogP contribution is -2.42. The van der Waals surface area contributed by atoms with Crippen molar-refractivity contribution < 1.29 is 45.5 Å². The molecule has 2 heterocycles. The zero-order chi connectivity index (χ0) is 27.6. The van der Waals surface area contributed by atoms with E-state index in [9.17, 15) is 41.0 Å². The molecule has 0 unspecified atom stereocenters. The number of carboxylic acid groups (broad SMARTS) is 1. The van der Waals surface area contributed by atoms with Gasteiger partial charge in [-0.25, -0.2) is 18.2 Å². The average molecular weight is 523 g/mol. The van der Waals surface area contributed by atoms with Crippen LogP contribution in [0.5, 0.6) is 0 Å². The number of benzene rings is 1. The van der Waals surface area contributed by atoms with Gasteiger partial charge >= 0.3 is 6.18 Å². The summed E-state index contributed by atoms with van der Waals surface area (Å²) in [5, 5.41) is 11.2. The number of hydrogen-bond acceptors (Lipinski definition) is 5. The van der Waals surface area contributed by atoms with E-state index < -0.39 is 59.6 Å². The fraction of sp³-hybridized carbons (Fsp3) is 0.500. The summed E-state index contributed by atoms with van der Waals surface area (Å²) in [6.07, 6.45) is -5.59. The van der Waals surface area contributed by atoms with Gasteiger partial charge in [0.25, 0.3) is 0 Å². The molecule has 200 valence electrons. The van der Waals surface area contributed by atoms with Gasteiger partial charge in [-0.15, -0.1) is 0 Å². The maximum absolute atomic E-state index is 13.7. The molecule has 1 aromatic heterocycles. The third kappa shape index (κ3) is 7.68. The van der Waals surface area contributed by atoms with Crippen molar-refractivity contribution in [3.8, 4) is 0 Å². The van der Waals surface area contributed by atoms with Crippen molar-refractivity contribution in [2.45, 2.75) is 38.1 Å². The minimum absolute atomic E-state index is 0.177. The van der Waals surface area contributed by atoms with E-state index in [0.717, 1.165) is 9.38 Å². The number of aromatic carboxylic acids is 1. The van der Waals surface area contributed by atoms with E-state index in [1.165, 1.54) is 0 Å². The largest absolute Gasteiger partial charge is 0.543 e. The number of fused-ring (bicyclic) bond motifs is 1. The fourth-order valence-corrected chi connectivity index (χ4v) is 3.39. The molecule has 2 aromatic rings. The van der Waals surface area contributed by atoms with Crippen molar-refractivity contribution in [3.63, 3.8) is 0 Å². The quantitative estimate of drug-likeness (QED) is 0.362. The second-order valence-electron chi connectivity index (χ2n) is 9.69. The van der Waals surface area contributed by atoms with Crippen LogP contribution in [0.4, 0.5) is 26.3 Å². The molecule has 0 radical (unpaired) electrons. The first-order valence-electron chi connectivity index (χ1n) is 10.7. The maximum Gasteiger partial charge on any atom is 0.449 e. The first-order valence-corrected chi connectivity index (χ1v) is 10.7. The zero-order valence-electron chi connectivity index (χ0n) is 20.1. The highest BCUT2D eigenvalue weighted by Gasteiger charge is 2.40. The van der Waals surface area contributed by atoms with E-state index in [4.69, 9.17) is 5.73 Å². The molecule has 3 rings (SSSR count). The molecule has 1 amide bonds. The van der Waals surface area contributed by atoms with E-state index in [2.05, 4.69) is 33.2 Å². The van der Waals surface area contributed by atoms with Gasteiger partial charge in [-0.3, -0.25) is 4.79 Å². The third-order valence-electron chi connectivity index (χ3n) is 4.81. The maximum atomic E-state index is 13.7. The van der Waals surface area contributed by atoms with Crippen LogP contribution in [0.25, 0.3) is 0 Å². The van der Waals surface area contributed by atoms with Gasteiger partial charge in [0.15, 0.2) is 11.6 Å². The minimum Gasteiger partial charge on any atom is -0.543 e. The van der Waals surface area contributed by atoms with E-state index in [0.29, 0.717) is 16.7 Å². The summed E-state index contributed by atoms with van der Waals surface area (Å²) in [5.41, 5.74) is 4.30.